The third-order valence-electron chi connectivity index (χ3n) is 4.73. The topological polar surface area (TPSA) is 103 Å². The van der Waals surface area contributed by atoms with Crippen molar-refractivity contribution in [1.29, 1.82) is 0 Å². The van der Waals surface area contributed by atoms with Crippen LogP contribution >= 0.6 is 0 Å². The summed E-state index contributed by atoms with van der Waals surface area (Å²) >= 11 is 0. The largest absolute Gasteiger partial charge is 0.726 e. The first kappa shape index (κ1) is 20.9. The minimum absolute atomic E-state index is 0.208. The molecule has 154 valence electrons. The lowest BCUT2D eigenvalue weighted by molar-refractivity contribution is -0.632. The number of anilines is 1. The molecule has 0 saturated carbocycles. The van der Waals surface area contributed by atoms with Gasteiger partial charge in [-0.15, -0.1) is 0 Å². The summed E-state index contributed by atoms with van der Waals surface area (Å²) < 4.78 is 39.8. The SMILES string of the molecule is Cc1cc(N(C)CCOS(=O)(=O)[O-])ccc1N=Nc1n(C)c2ccccc2[n+]1C. The summed E-state index contributed by atoms with van der Waals surface area (Å²) in [5, 5.41) is 8.85. The van der Waals surface area contributed by atoms with Gasteiger partial charge in [0.15, 0.2) is 0 Å². The van der Waals surface area contributed by atoms with Gasteiger partial charge in [0.25, 0.3) is 0 Å². The average Bonchev–Trinajstić information content (AvgIpc) is 2.90. The van der Waals surface area contributed by atoms with E-state index in [0.29, 0.717) is 0 Å². The Hall–Kier alpha value is -2.82. The van der Waals surface area contributed by atoms with Gasteiger partial charge in [0.2, 0.25) is 10.4 Å². The molecule has 0 N–H and O–H groups in total. The molecule has 9 nitrogen and oxygen atoms in total. The molecule has 10 heteroatoms. The highest BCUT2D eigenvalue weighted by molar-refractivity contribution is 7.80. The molecule has 0 bridgehead atoms. The number of hydrogen-bond donors (Lipinski definition) is 0. The average molecular weight is 417 g/mol. The van der Waals surface area contributed by atoms with Crippen LogP contribution in [0.4, 0.5) is 17.3 Å². The molecule has 0 spiro atoms. The number of imidazole rings is 1. The third kappa shape index (κ3) is 4.78. The maximum absolute atomic E-state index is 10.5. The fourth-order valence-corrected chi connectivity index (χ4v) is 3.38. The molecular weight excluding hydrogens is 394 g/mol. The maximum Gasteiger partial charge on any atom is 0.422 e. The molecule has 0 amide bonds. The molecule has 0 fully saturated rings. The van der Waals surface area contributed by atoms with Crippen molar-refractivity contribution < 1.29 is 21.7 Å². The van der Waals surface area contributed by atoms with Crippen molar-refractivity contribution in [3.63, 3.8) is 0 Å². The molecule has 0 atom stereocenters. The van der Waals surface area contributed by atoms with Crippen molar-refractivity contribution in [3.8, 4) is 0 Å². The standard InChI is InChI=1S/C19H23N5O4S/c1-14-13-15(22(2)11-12-28-29(25,26)27)9-10-16(14)20-21-19-23(3)17-7-5-6-8-18(17)24(19)4/h5-10,13H,11-12H2,1-4H3. The first-order valence-electron chi connectivity index (χ1n) is 8.94. The van der Waals surface area contributed by atoms with E-state index in [-0.39, 0.29) is 13.2 Å². The van der Waals surface area contributed by atoms with Gasteiger partial charge in [-0.1, -0.05) is 17.2 Å². The fraction of sp³-hybridized carbons (Fsp3) is 0.316. The maximum atomic E-state index is 10.5. The van der Waals surface area contributed by atoms with Crippen LogP contribution in [0.15, 0.2) is 52.7 Å². The van der Waals surface area contributed by atoms with E-state index in [1.807, 2.05) is 72.6 Å². The molecule has 0 unspecified atom stereocenters. The van der Waals surface area contributed by atoms with Crippen LogP contribution in [0.25, 0.3) is 11.0 Å². The summed E-state index contributed by atoms with van der Waals surface area (Å²) in [5.41, 5.74) is 4.63. The molecule has 3 rings (SSSR count). The highest BCUT2D eigenvalue weighted by Gasteiger charge is 2.19. The molecule has 0 aliphatic heterocycles. The smallest absolute Gasteiger partial charge is 0.422 e. The Morgan fingerprint density at radius 3 is 2.59 bits per heavy atom. The van der Waals surface area contributed by atoms with Gasteiger partial charge in [0.1, 0.15) is 16.7 Å². The van der Waals surface area contributed by atoms with E-state index in [4.69, 9.17) is 0 Å². The fourth-order valence-electron chi connectivity index (χ4n) is 3.10. The Morgan fingerprint density at radius 2 is 1.93 bits per heavy atom. The summed E-state index contributed by atoms with van der Waals surface area (Å²) in [6, 6.07) is 13.7. The number of aromatic nitrogens is 2. The summed E-state index contributed by atoms with van der Waals surface area (Å²) in [7, 11) is 1.01. The van der Waals surface area contributed by atoms with Gasteiger partial charge in [-0.3, -0.25) is 4.18 Å². The number of hydrogen-bond acceptors (Lipinski definition) is 7. The van der Waals surface area contributed by atoms with Crippen molar-refractivity contribution in [2.24, 2.45) is 24.3 Å². The number of benzene rings is 2. The number of azo groups is 1. The molecule has 1 aromatic heterocycles. The van der Waals surface area contributed by atoms with Crippen LogP contribution in [0, 0.1) is 6.92 Å². The zero-order chi connectivity index (χ0) is 21.2. The van der Waals surface area contributed by atoms with E-state index in [1.54, 1.807) is 11.9 Å². The van der Waals surface area contributed by atoms with Crippen molar-refractivity contribution in [2.75, 3.05) is 25.1 Å². The minimum atomic E-state index is -4.68. The van der Waals surface area contributed by atoms with Crippen LogP contribution in [0.5, 0.6) is 0 Å². The van der Waals surface area contributed by atoms with Crippen LogP contribution in [-0.4, -0.2) is 37.7 Å². The highest BCUT2D eigenvalue weighted by Crippen LogP contribution is 2.26. The van der Waals surface area contributed by atoms with Crippen molar-refractivity contribution in [3.05, 3.63) is 48.0 Å². The molecule has 0 radical (unpaired) electrons. The Balaban J connectivity index is 1.78. The predicted molar refractivity (Wildman–Crippen MR) is 108 cm³/mol. The number of para-hydroxylation sites is 2. The van der Waals surface area contributed by atoms with Crippen molar-refractivity contribution >= 4 is 38.8 Å². The Labute approximate surface area is 169 Å². The minimum Gasteiger partial charge on any atom is -0.726 e. The van der Waals surface area contributed by atoms with E-state index >= 15 is 0 Å². The lowest BCUT2D eigenvalue weighted by Gasteiger charge is -2.20. The van der Waals surface area contributed by atoms with Crippen molar-refractivity contribution in [1.82, 2.24) is 4.57 Å². The van der Waals surface area contributed by atoms with Crippen LogP contribution in [-0.2, 0) is 28.7 Å². The van der Waals surface area contributed by atoms with Gasteiger partial charge in [-0.25, -0.2) is 17.6 Å². The zero-order valence-corrected chi connectivity index (χ0v) is 17.5. The number of nitrogens with zero attached hydrogens (tertiary/aromatic N) is 5. The quantitative estimate of drug-likeness (QED) is 0.254. The first-order valence-corrected chi connectivity index (χ1v) is 10.3. The summed E-state index contributed by atoms with van der Waals surface area (Å²) in [5.74, 6) is 0.725. The second-order valence-corrected chi connectivity index (χ2v) is 7.78. The molecule has 3 aromatic rings. The predicted octanol–water partition coefficient (Wildman–Crippen LogP) is 2.64. The lowest BCUT2D eigenvalue weighted by atomic mass is 10.1. The van der Waals surface area contributed by atoms with Gasteiger partial charge in [0, 0.05) is 24.4 Å². The number of likely N-dealkylation sites (N-methyl/N-ethyl adjacent to an activating group) is 1. The van der Waals surface area contributed by atoms with E-state index in [1.165, 1.54) is 0 Å². The van der Waals surface area contributed by atoms with Crippen LogP contribution < -0.4 is 9.47 Å². The van der Waals surface area contributed by atoms with Gasteiger partial charge < -0.3 is 9.45 Å². The summed E-state index contributed by atoms with van der Waals surface area (Å²) in [6.07, 6.45) is 0. The Bertz CT molecular complexity index is 1130. The monoisotopic (exact) mass is 417 g/mol. The zero-order valence-electron chi connectivity index (χ0n) is 16.7. The van der Waals surface area contributed by atoms with E-state index in [0.717, 1.165) is 33.9 Å². The second-order valence-electron chi connectivity index (χ2n) is 6.73. The molecule has 0 aliphatic rings. The molecule has 0 aliphatic carbocycles. The Kier molecular flexibility index (Phi) is 5.96. The van der Waals surface area contributed by atoms with Gasteiger partial charge in [-0.2, -0.15) is 0 Å². The molecule has 1 heterocycles. The normalized spacial score (nSPS) is 12.2. The highest BCUT2D eigenvalue weighted by atomic mass is 32.3. The van der Waals surface area contributed by atoms with E-state index in [2.05, 4.69) is 14.4 Å². The molecule has 29 heavy (non-hydrogen) atoms. The number of rotatable bonds is 7. The summed E-state index contributed by atoms with van der Waals surface area (Å²) in [6.45, 7) is 1.97. The van der Waals surface area contributed by atoms with Gasteiger partial charge >= 0.3 is 5.95 Å². The third-order valence-corrected chi connectivity index (χ3v) is 5.18. The second kappa shape index (κ2) is 8.27. The van der Waals surface area contributed by atoms with Gasteiger partial charge in [-0.05, 0) is 42.8 Å². The van der Waals surface area contributed by atoms with Crippen LogP contribution in [0.2, 0.25) is 0 Å². The summed E-state index contributed by atoms with van der Waals surface area (Å²) in [4.78, 5) is 1.79. The number of aryl methyl sites for hydroxylation is 3. The number of fused-ring (bicyclic) bond motifs is 1. The molecule has 0 saturated heterocycles. The van der Waals surface area contributed by atoms with E-state index < -0.39 is 10.4 Å². The molecular formula is C19H23N5O4S. The first-order chi connectivity index (χ1) is 13.7. The molecule has 2 aromatic carbocycles. The lowest BCUT2D eigenvalue weighted by Crippen LogP contribution is -2.26. The van der Waals surface area contributed by atoms with Crippen LogP contribution in [0.3, 0.4) is 0 Å². The van der Waals surface area contributed by atoms with E-state index in [9.17, 15) is 13.0 Å². The Morgan fingerprint density at radius 1 is 1.21 bits per heavy atom. The van der Waals surface area contributed by atoms with Crippen LogP contribution in [0.1, 0.15) is 5.56 Å². The van der Waals surface area contributed by atoms with Gasteiger partial charge in [0.05, 0.1) is 20.7 Å². The van der Waals surface area contributed by atoms with Crippen molar-refractivity contribution in [2.45, 2.75) is 6.92 Å².